The molecule has 0 aromatic rings. The summed E-state index contributed by atoms with van der Waals surface area (Å²) in [7, 11) is 0. The monoisotopic (exact) mass is 404 g/mol. The molecule has 0 fully saturated rings. The van der Waals surface area contributed by atoms with Gasteiger partial charge in [0.05, 0.1) is 0 Å². The molecule has 0 heteroatoms. The second-order valence-corrected chi connectivity index (χ2v) is 7.67. The zero-order chi connectivity index (χ0) is 22.3. The van der Waals surface area contributed by atoms with E-state index < -0.39 is 0 Å². The summed E-state index contributed by atoms with van der Waals surface area (Å²) in [6.45, 7) is 13.1. The smallest absolute Gasteiger partial charge is 0.0348 e. The highest BCUT2D eigenvalue weighted by Crippen LogP contribution is 2.07. The van der Waals surface area contributed by atoms with E-state index in [9.17, 15) is 0 Å². The third-order valence-corrected chi connectivity index (χ3v) is 4.18. The van der Waals surface area contributed by atoms with Crippen LogP contribution in [-0.4, -0.2) is 0 Å². The van der Waals surface area contributed by atoms with Crippen molar-refractivity contribution < 1.29 is 0 Å². The maximum Gasteiger partial charge on any atom is -0.0348 e. The van der Waals surface area contributed by atoms with Gasteiger partial charge in [-0.2, -0.15) is 0 Å². The fourth-order valence-corrected chi connectivity index (χ4v) is 2.43. The molecule has 0 aliphatic carbocycles. The van der Waals surface area contributed by atoms with Crippen LogP contribution in [0.2, 0.25) is 0 Å². The van der Waals surface area contributed by atoms with E-state index >= 15 is 0 Å². The topological polar surface area (TPSA) is 0 Å². The first-order chi connectivity index (χ1) is 14.2. The van der Waals surface area contributed by atoms with Gasteiger partial charge < -0.3 is 0 Å². The predicted octanol–water partition coefficient (Wildman–Crippen LogP) is 11.2. The van der Waals surface area contributed by atoms with Crippen molar-refractivity contribution in [1.82, 2.24) is 0 Å². The molecule has 0 N–H and O–H groups in total. The summed E-state index contributed by atoms with van der Waals surface area (Å²) in [6, 6.07) is 0. The van der Waals surface area contributed by atoms with Gasteiger partial charge in [-0.05, 0) is 32.1 Å². The summed E-state index contributed by atoms with van der Waals surface area (Å²) in [6.07, 6.45) is 37.4. The van der Waals surface area contributed by atoms with Crippen LogP contribution in [0.5, 0.6) is 0 Å². The van der Waals surface area contributed by atoms with Crippen molar-refractivity contribution in [2.24, 2.45) is 0 Å². The van der Waals surface area contributed by atoms with Crippen LogP contribution in [0.4, 0.5) is 0 Å². The molecule has 29 heavy (non-hydrogen) atoms. The third kappa shape index (κ3) is 46.7. The van der Waals surface area contributed by atoms with Gasteiger partial charge in [-0.25, -0.2) is 0 Å². The normalized spacial score (nSPS) is 11.2. The summed E-state index contributed by atoms with van der Waals surface area (Å²) < 4.78 is 0. The maximum atomic E-state index is 2.31. The Kier molecular flexibility index (Phi) is 42.4. The van der Waals surface area contributed by atoms with Crippen LogP contribution < -0.4 is 0 Å². The first kappa shape index (κ1) is 32.6. The van der Waals surface area contributed by atoms with Crippen LogP contribution in [0.1, 0.15) is 138 Å². The Morgan fingerprint density at radius 3 is 1.14 bits per heavy atom. The molecule has 0 nitrogen and oxygen atoms in total. The minimum atomic E-state index is 1.14. The number of hydrogen-bond acceptors (Lipinski definition) is 0. The van der Waals surface area contributed by atoms with Crippen LogP contribution in [0.25, 0.3) is 0 Å². The lowest BCUT2D eigenvalue weighted by molar-refractivity contribution is 0.611. The average Bonchev–Trinajstić information content (AvgIpc) is 2.73. The summed E-state index contributed by atoms with van der Waals surface area (Å²) in [5, 5.41) is 0. The molecule has 0 spiro atoms. The van der Waals surface area contributed by atoms with Gasteiger partial charge >= 0.3 is 0 Å². The molecule has 0 saturated heterocycles. The summed E-state index contributed by atoms with van der Waals surface area (Å²) in [5.41, 5.74) is 0. The Labute approximate surface area is 186 Å². The lowest BCUT2D eigenvalue weighted by Crippen LogP contribution is -1.77. The minimum Gasteiger partial charge on any atom is -0.0848 e. The second kappa shape index (κ2) is 37.7. The van der Waals surface area contributed by atoms with Gasteiger partial charge in [-0.3, -0.25) is 0 Å². The Bertz CT molecular complexity index is 343. The Morgan fingerprint density at radius 2 is 0.724 bits per heavy atom. The Morgan fingerprint density at radius 1 is 0.379 bits per heavy atom. The number of unbranched alkanes of at least 4 members (excludes halogenated alkanes) is 10. The van der Waals surface area contributed by atoms with Crippen LogP contribution in [0.15, 0.2) is 48.6 Å². The zero-order valence-electron chi connectivity index (χ0n) is 21.2. The average molecular weight is 405 g/mol. The van der Waals surface area contributed by atoms with E-state index in [1.54, 1.807) is 0 Å². The van der Waals surface area contributed by atoms with E-state index in [4.69, 9.17) is 0 Å². The number of rotatable bonds is 16. The van der Waals surface area contributed by atoms with E-state index in [-0.39, 0.29) is 0 Å². The van der Waals surface area contributed by atoms with Crippen molar-refractivity contribution in [1.29, 1.82) is 0 Å². The molecule has 0 radical (unpaired) electrons. The molecule has 0 bridgehead atoms. The quantitative estimate of drug-likeness (QED) is 0.177. The van der Waals surface area contributed by atoms with E-state index in [0.717, 1.165) is 6.42 Å². The van der Waals surface area contributed by atoms with Crippen LogP contribution in [0, 0.1) is 0 Å². The molecule has 0 unspecified atom stereocenters. The first-order valence-electron chi connectivity index (χ1n) is 12.9. The number of hydrogen-bond donors (Lipinski definition) is 0. The third-order valence-electron chi connectivity index (χ3n) is 4.18. The number of allylic oxidation sites excluding steroid dienone is 8. The second-order valence-electron chi connectivity index (χ2n) is 7.67. The molecule has 0 amide bonds. The molecule has 0 rings (SSSR count). The molecule has 0 aliphatic heterocycles. The first-order valence-corrected chi connectivity index (χ1v) is 12.9. The van der Waals surface area contributed by atoms with Gasteiger partial charge in [0.2, 0.25) is 0 Å². The van der Waals surface area contributed by atoms with E-state index in [0.29, 0.717) is 0 Å². The van der Waals surface area contributed by atoms with Gasteiger partial charge in [-0.15, -0.1) is 0 Å². The standard InChI is InChI=1S/C16H30.C10H18.C3H8/c1-3-5-7-9-11-13-15-16-14-12-10-8-6-4-2;1-3-5-7-9-10-8-6-4-2;1-3-2/h9,11,13,15H,3-8,10,12,14,16H2,1-2H3;5,7,9-10H,3-4,6,8H2,1-2H3;3H2,1-2H3/b11-9-,15-13+;7-5+,10-9-;. The van der Waals surface area contributed by atoms with Gasteiger partial charge in [0.15, 0.2) is 0 Å². The summed E-state index contributed by atoms with van der Waals surface area (Å²) in [5.74, 6) is 0. The minimum absolute atomic E-state index is 1.14. The molecular weight excluding hydrogens is 348 g/mol. The molecule has 0 aromatic heterocycles. The fraction of sp³-hybridized carbons (Fsp3) is 0.724. The van der Waals surface area contributed by atoms with Gasteiger partial charge in [0.25, 0.3) is 0 Å². The van der Waals surface area contributed by atoms with Gasteiger partial charge in [-0.1, -0.05) is 154 Å². The Hall–Kier alpha value is -1.04. The highest BCUT2D eigenvalue weighted by atomic mass is 13.9. The van der Waals surface area contributed by atoms with Crippen LogP contribution >= 0.6 is 0 Å². The van der Waals surface area contributed by atoms with Crippen molar-refractivity contribution in [3.05, 3.63) is 48.6 Å². The highest BCUT2D eigenvalue weighted by Gasteiger charge is 1.87. The predicted molar refractivity (Wildman–Crippen MR) is 140 cm³/mol. The highest BCUT2D eigenvalue weighted by molar-refractivity contribution is 5.02. The van der Waals surface area contributed by atoms with E-state index in [1.807, 2.05) is 0 Å². The van der Waals surface area contributed by atoms with Gasteiger partial charge in [0.1, 0.15) is 0 Å². The van der Waals surface area contributed by atoms with Crippen molar-refractivity contribution in [2.45, 2.75) is 138 Å². The van der Waals surface area contributed by atoms with Crippen molar-refractivity contribution in [2.75, 3.05) is 0 Å². The molecule has 0 atom stereocenters. The van der Waals surface area contributed by atoms with Crippen LogP contribution in [-0.2, 0) is 0 Å². The lowest BCUT2D eigenvalue weighted by atomic mass is 10.1. The van der Waals surface area contributed by atoms with E-state index in [2.05, 4.69) is 90.2 Å². The molecule has 172 valence electrons. The zero-order valence-corrected chi connectivity index (χ0v) is 21.2. The van der Waals surface area contributed by atoms with Gasteiger partial charge in [0, 0.05) is 0 Å². The van der Waals surface area contributed by atoms with E-state index in [1.165, 1.54) is 89.9 Å². The Balaban J connectivity index is -0.000000443. The van der Waals surface area contributed by atoms with Crippen molar-refractivity contribution in [3.63, 3.8) is 0 Å². The van der Waals surface area contributed by atoms with Crippen molar-refractivity contribution >= 4 is 0 Å². The maximum absolute atomic E-state index is 2.31. The molecule has 0 heterocycles. The van der Waals surface area contributed by atoms with Crippen LogP contribution in [0.3, 0.4) is 0 Å². The fourth-order valence-electron chi connectivity index (χ4n) is 2.43. The van der Waals surface area contributed by atoms with Crippen molar-refractivity contribution in [3.8, 4) is 0 Å². The molecule has 0 aliphatic rings. The molecule has 0 aromatic carbocycles. The summed E-state index contributed by atoms with van der Waals surface area (Å²) >= 11 is 0. The molecular formula is C29H56. The SMILES string of the molecule is CC/C=C/C=C\CCCC.CCC.CCCC/C=C\C=C\CCCCCCCC. The lowest BCUT2D eigenvalue weighted by Gasteiger charge is -1.97. The molecule has 0 saturated carbocycles. The largest absolute Gasteiger partial charge is 0.0848 e. The summed E-state index contributed by atoms with van der Waals surface area (Å²) in [4.78, 5) is 0.